The number of piperidine rings is 1. The zero-order valence-electron chi connectivity index (χ0n) is 16.3. The number of hydrogen-bond acceptors (Lipinski definition) is 4. The van der Waals surface area contributed by atoms with Crippen LogP contribution in [0.25, 0.3) is 11.5 Å². The first-order valence-corrected chi connectivity index (χ1v) is 9.49. The molecule has 1 amide bonds. The van der Waals surface area contributed by atoms with Crippen molar-refractivity contribution >= 4 is 5.91 Å². The van der Waals surface area contributed by atoms with E-state index in [1.165, 1.54) is 0 Å². The Bertz CT molecular complexity index is 1040. The number of amides is 1. The molecule has 4 rings (SSSR count). The maximum absolute atomic E-state index is 13.5. The largest absolute Gasteiger partial charge is 0.338 e. The third kappa shape index (κ3) is 4.01. The second-order valence-electron chi connectivity index (χ2n) is 7.36. The smallest absolute Gasteiger partial charge is 0.254 e. The monoisotopic (exact) mass is 397 g/mol. The van der Waals surface area contributed by atoms with E-state index in [2.05, 4.69) is 9.97 Å². The number of carbonyl (C=O) groups excluding carboxylic acids is 1. The highest BCUT2D eigenvalue weighted by atomic mass is 19.1. The number of aromatic nitrogens is 4. The fraction of sp³-hybridized carbons (Fsp3) is 0.333. The Morgan fingerprint density at radius 1 is 1.14 bits per heavy atom. The summed E-state index contributed by atoms with van der Waals surface area (Å²) >= 11 is 0. The number of halogens is 2. The van der Waals surface area contributed by atoms with Gasteiger partial charge in [0.15, 0.2) is 5.82 Å². The maximum Gasteiger partial charge on any atom is 0.254 e. The summed E-state index contributed by atoms with van der Waals surface area (Å²) in [4.78, 5) is 28.0. The zero-order chi connectivity index (χ0) is 20.5. The van der Waals surface area contributed by atoms with E-state index in [0.717, 1.165) is 48.3 Å². The fourth-order valence-corrected chi connectivity index (χ4v) is 3.73. The van der Waals surface area contributed by atoms with E-state index in [1.54, 1.807) is 11.1 Å². The highest BCUT2D eigenvalue weighted by Crippen LogP contribution is 2.27. The lowest BCUT2D eigenvalue weighted by atomic mass is 9.96. The van der Waals surface area contributed by atoms with Crippen LogP contribution in [-0.4, -0.2) is 43.4 Å². The van der Waals surface area contributed by atoms with Gasteiger partial charge in [-0.15, -0.1) is 0 Å². The van der Waals surface area contributed by atoms with Crippen LogP contribution in [0.3, 0.4) is 0 Å². The summed E-state index contributed by atoms with van der Waals surface area (Å²) in [5.74, 6) is -0.552. The molecule has 1 saturated heterocycles. The molecule has 3 heterocycles. The minimum atomic E-state index is -0.761. The zero-order valence-corrected chi connectivity index (χ0v) is 16.3. The molecule has 1 atom stereocenters. The third-order valence-corrected chi connectivity index (χ3v) is 5.11. The lowest BCUT2D eigenvalue weighted by molar-refractivity contribution is 0.0703. The number of hydrogen-bond donors (Lipinski definition) is 0. The minimum absolute atomic E-state index is 0.0157. The molecule has 0 radical (unpaired) electrons. The van der Waals surface area contributed by atoms with E-state index < -0.39 is 11.6 Å². The summed E-state index contributed by atoms with van der Waals surface area (Å²) in [6, 6.07) is 4.78. The van der Waals surface area contributed by atoms with E-state index in [9.17, 15) is 13.6 Å². The lowest BCUT2D eigenvalue weighted by Gasteiger charge is -2.32. The van der Waals surface area contributed by atoms with Gasteiger partial charge in [0.2, 0.25) is 0 Å². The van der Waals surface area contributed by atoms with Crippen LogP contribution in [0, 0.1) is 18.6 Å². The summed E-state index contributed by atoms with van der Waals surface area (Å²) in [6.07, 6.45) is 5.17. The van der Waals surface area contributed by atoms with Crippen LogP contribution in [0.1, 0.15) is 40.6 Å². The lowest BCUT2D eigenvalue weighted by Crippen LogP contribution is -2.39. The van der Waals surface area contributed by atoms with Gasteiger partial charge in [-0.25, -0.2) is 23.7 Å². The molecule has 1 unspecified atom stereocenters. The average Bonchev–Trinajstić information content (AvgIpc) is 3.12. The van der Waals surface area contributed by atoms with Crippen molar-refractivity contribution in [2.45, 2.75) is 25.7 Å². The van der Waals surface area contributed by atoms with Crippen molar-refractivity contribution in [2.75, 3.05) is 13.1 Å². The molecule has 3 aromatic rings. The van der Waals surface area contributed by atoms with Crippen molar-refractivity contribution in [3.63, 3.8) is 0 Å². The number of carbonyl (C=O) groups is 1. The Morgan fingerprint density at radius 2 is 1.90 bits per heavy atom. The molecule has 150 valence electrons. The Kier molecular flexibility index (Phi) is 5.08. The average molecular weight is 397 g/mol. The summed E-state index contributed by atoms with van der Waals surface area (Å²) < 4.78 is 28.9. The van der Waals surface area contributed by atoms with Gasteiger partial charge in [0, 0.05) is 55.8 Å². The van der Waals surface area contributed by atoms with Crippen LogP contribution < -0.4 is 0 Å². The van der Waals surface area contributed by atoms with Crippen LogP contribution in [0.15, 0.2) is 36.7 Å². The van der Waals surface area contributed by atoms with Crippen LogP contribution in [-0.2, 0) is 7.05 Å². The van der Waals surface area contributed by atoms with Gasteiger partial charge in [-0.2, -0.15) is 0 Å². The van der Waals surface area contributed by atoms with Crippen molar-refractivity contribution in [2.24, 2.45) is 7.05 Å². The molecular formula is C21H21F2N5O. The first-order valence-electron chi connectivity index (χ1n) is 9.49. The predicted molar refractivity (Wildman–Crippen MR) is 103 cm³/mol. The minimum Gasteiger partial charge on any atom is -0.338 e. The second-order valence-corrected chi connectivity index (χ2v) is 7.36. The van der Waals surface area contributed by atoms with Gasteiger partial charge in [-0.1, -0.05) is 0 Å². The molecule has 1 aliphatic rings. The number of nitrogens with zero attached hydrogens (tertiary/aromatic N) is 5. The molecule has 0 saturated carbocycles. The first kappa shape index (κ1) is 19.2. The Morgan fingerprint density at radius 3 is 2.59 bits per heavy atom. The maximum atomic E-state index is 13.5. The topological polar surface area (TPSA) is 63.9 Å². The molecular weight excluding hydrogens is 376 g/mol. The number of aryl methyl sites for hydroxylation is 2. The third-order valence-electron chi connectivity index (χ3n) is 5.11. The molecule has 29 heavy (non-hydrogen) atoms. The number of imidazole rings is 1. The van der Waals surface area contributed by atoms with E-state index in [0.29, 0.717) is 18.9 Å². The highest BCUT2D eigenvalue weighted by Gasteiger charge is 2.28. The molecule has 1 aliphatic heterocycles. The van der Waals surface area contributed by atoms with Crippen molar-refractivity contribution in [3.8, 4) is 11.5 Å². The highest BCUT2D eigenvalue weighted by molar-refractivity contribution is 5.94. The van der Waals surface area contributed by atoms with Crippen molar-refractivity contribution in [1.82, 2.24) is 24.4 Å². The van der Waals surface area contributed by atoms with Crippen molar-refractivity contribution < 1.29 is 13.6 Å². The summed E-state index contributed by atoms with van der Waals surface area (Å²) in [6.45, 7) is 2.84. The van der Waals surface area contributed by atoms with Gasteiger partial charge in [0.25, 0.3) is 5.91 Å². The van der Waals surface area contributed by atoms with E-state index in [4.69, 9.17) is 4.98 Å². The molecule has 0 N–H and O–H groups in total. The standard InChI is InChI=1S/C21H21F2N5O/c1-13-8-18(20-24-5-7-27(20)2)26-19(25-13)14-4-3-6-28(12-14)21(29)15-9-16(22)11-17(23)10-15/h5,7-11,14H,3-4,6,12H2,1-2H3. The SMILES string of the molecule is Cc1cc(-c2nccn2C)nc(C2CCCN(C(=O)c3cc(F)cc(F)c3)C2)n1. The van der Waals surface area contributed by atoms with Gasteiger partial charge in [-0.05, 0) is 38.0 Å². The fourth-order valence-electron chi connectivity index (χ4n) is 3.73. The van der Waals surface area contributed by atoms with Crippen LogP contribution in [0.4, 0.5) is 8.78 Å². The normalized spacial score (nSPS) is 16.8. The van der Waals surface area contributed by atoms with Gasteiger partial charge < -0.3 is 9.47 Å². The van der Waals surface area contributed by atoms with Crippen LogP contribution in [0.5, 0.6) is 0 Å². The van der Waals surface area contributed by atoms with Gasteiger partial charge in [0.1, 0.15) is 23.2 Å². The quantitative estimate of drug-likeness (QED) is 0.679. The van der Waals surface area contributed by atoms with E-state index in [1.807, 2.05) is 30.8 Å². The molecule has 2 aromatic heterocycles. The first-order chi connectivity index (χ1) is 13.9. The van der Waals surface area contributed by atoms with Crippen molar-refractivity contribution in [3.05, 3.63) is 65.4 Å². The molecule has 1 fully saturated rings. The molecule has 8 heteroatoms. The number of likely N-dealkylation sites (tertiary alicyclic amines) is 1. The molecule has 0 spiro atoms. The van der Waals surface area contributed by atoms with Crippen LogP contribution >= 0.6 is 0 Å². The van der Waals surface area contributed by atoms with Crippen molar-refractivity contribution in [1.29, 1.82) is 0 Å². The van der Waals surface area contributed by atoms with E-state index >= 15 is 0 Å². The number of benzene rings is 1. The van der Waals surface area contributed by atoms with Gasteiger partial charge >= 0.3 is 0 Å². The number of rotatable bonds is 3. The Labute approximate surface area is 167 Å². The van der Waals surface area contributed by atoms with Gasteiger partial charge in [-0.3, -0.25) is 4.79 Å². The molecule has 0 aliphatic carbocycles. The predicted octanol–water partition coefficient (Wildman–Crippen LogP) is 3.48. The summed E-state index contributed by atoms with van der Waals surface area (Å²) in [5, 5.41) is 0. The van der Waals surface area contributed by atoms with Gasteiger partial charge in [0.05, 0.1) is 0 Å². The van der Waals surface area contributed by atoms with Crippen LogP contribution in [0.2, 0.25) is 0 Å². The summed E-state index contributed by atoms with van der Waals surface area (Å²) in [5.41, 5.74) is 1.57. The molecule has 0 bridgehead atoms. The Hall–Kier alpha value is -3.16. The molecule has 1 aromatic carbocycles. The van der Waals surface area contributed by atoms with E-state index in [-0.39, 0.29) is 17.4 Å². The Balaban J connectivity index is 1.59. The second kappa shape index (κ2) is 7.69. The summed E-state index contributed by atoms with van der Waals surface area (Å²) in [7, 11) is 1.90. The molecule has 6 nitrogen and oxygen atoms in total.